The number of carbonyl (C=O) groups is 1. The van der Waals surface area contributed by atoms with Gasteiger partial charge in [0.05, 0.1) is 12.2 Å². The molecule has 118 valence electrons. The van der Waals surface area contributed by atoms with Crippen molar-refractivity contribution in [1.82, 2.24) is 14.9 Å². The van der Waals surface area contributed by atoms with Gasteiger partial charge in [-0.25, -0.2) is 9.97 Å². The van der Waals surface area contributed by atoms with Crippen LogP contribution < -0.4 is 0 Å². The molecule has 0 unspecified atom stereocenters. The van der Waals surface area contributed by atoms with E-state index in [4.69, 9.17) is 11.6 Å². The van der Waals surface area contributed by atoms with E-state index in [1.54, 1.807) is 11.1 Å². The lowest BCUT2D eigenvalue weighted by molar-refractivity contribution is 0.0750. The molecule has 2 heterocycles. The van der Waals surface area contributed by atoms with Gasteiger partial charge in [-0.1, -0.05) is 35.9 Å². The highest BCUT2D eigenvalue weighted by molar-refractivity contribution is 6.30. The van der Waals surface area contributed by atoms with Gasteiger partial charge in [-0.3, -0.25) is 4.79 Å². The fourth-order valence-electron chi connectivity index (χ4n) is 2.90. The van der Waals surface area contributed by atoms with E-state index in [0.717, 1.165) is 22.4 Å². The van der Waals surface area contributed by atoms with Crippen LogP contribution >= 0.6 is 11.6 Å². The molecular weight excluding hydrogens is 322 g/mol. The molecule has 0 bridgehead atoms. The summed E-state index contributed by atoms with van der Waals surface area (Å²) < 4.78 is 0. The number of hydrogen-bond acceptors (Lipinski definition) is 3. The zero-order chi connectivity index (χ0) is 16.5. The van der Waals surface area contributed by atoms with Gasteiger partial charge in [0.2, 0.25) is 0 Å². The number of aromatic nitrogens is 2. The predicted octanol–water partition coefficient (Wildman–Crippen LogP) is 3.95. The number of hydrogen-bond donors (Lipinski definition) is 0. The van der Waals surface area contributed by atoms with Crippen molar-refractivity contribution in [3.8, 4) is 11.1 Å². The summed E-state index contributed by atoms with van der Waals surface area (Å²) in [7, 11) is 0. The van der Waals surface area contributed by atoms with E-state index in [1.165, 1.54) is 6.33 Å². The van der Waals surface area contributed by atoms with Gasteiger partial charge < -0.3 is 4.90 Å². The highest BCUT2D eigenvalue weighted by Crippen LogP contribution is 2.25. The van der Waals surface area contributed by atoms with Crippen LogP contribution in [-0.2, 0) is 13.1 Å². The summed E-state index contributed by atoms with van der Waals surface area (Å²) in [5.74, 6) is 0.00523. The Morgan fingerprint density at radius 1 is 1.04 bits per heavy atom. The van der Waals surface area contributed by atoms with Crippen LogP contribution in [0.4, 0.5) is 0 Å². The fourth-order valence-corrected chi connectivity index (χ4v) is 3.09. The van der Waals surface area contributed by atoms with E-state index < -0.39 is 0 Å². The van der Waals surface area contributed by atoms with Crippen LogP contribution in [0.25, 0.3) is 11.1 Å². The van der Waals surface area contributed by atoms with Crippen molar-refractivity contribution in [2.24, 2.45) is 0 Å². The van der Waals surface area contributed by atoms with Crippen LogP contribution in [0.2, 0.25) is 5.02 Å². The number of amides is 1. The number of rotatable bonds is 2. The molecule has 4 nitrogen and oxygen atoms in total. The molecule has 0 saturated heterocycles. The Morgan fingerprint density at radius 2 is 1.88 bits per heavy atom. The maximum absolute atomic E-state index is 12.7. The second kappa shape index (κ2) is 6.06. The molecule has 0 radical (unpaired) electrons. The molecule has 1 aromatic heterocycles. The first-order valence-corrected chi connectivity index (χ1v) is 8.01. The van der Waals surface area contributed by atoms with Crippen LogP contribution in [-0.4, -0.2) is 20.8 Å². The van der Waals surface area contributed by atoms with Crippen molar-refractivity contribution in [3.05, 3.63) is 82.9 Å². The molecular formula is C19H14ClN3O. The molecule has 5 heteroatoms. The third-order valence-corrected chi connectivity index (χ3v) is 4.40. The molecule has 0 aliphatic carbocycles. The highest BCUT2D eigenvalue weighted by Gasteiger charge is 2.25. The number of halogens is 1. The molecule has 4 rings (SSSR count). The third-order valence-electron chi connectivity index (χ3n) is 4.16. The average Bonchev–Trinajstić information content (AvgIpc) is 3.05. The van der Waals surface area contributed by atoms with E-state index in [-0.39, 0.29) is 5.91 Å². The summed E-state index contributed by atoms with van der Waals surface area (Å²) >= 11 is 6.03. The second-order valence-electron chi connectivity index (χ2n) is 5.74. The molecule has 1 aliphatic rings. The molecule has 3 aromatic rings. The second-order valence-corrected chi connectivity index (χ2v) is 6.18. The molecule has 0 N–H and O–H groups in total. The minimum atomic E-state index is 0.00523. The van der Waals surface area contributed by atoms with Gasteiger partial charge in [0, 0.05) is 28.9 Å². The monoisotopic (exact) mass is 335 g/mol. The number of fused-ring (bicyclic) bond motifs is 1. The lowest BCUT2D eigenvalue weighted by atomic mass is 10.0. The Kier molecular flexibility index (Phi) is 3.75. The van der Waals surface area contributed by atoms with Gasteiger partial charge >= 0.3 is 0 Å². The zero-order valence-corrected chi connectivity index (χ0v) is 13.6. The Labute approximate surface area is 144 Å². The van der Waals surface area contributed by atoms with E-state index in [9.17, 15) is 4.79 Å². The standard InChI is InChI=1S/C19H14ClN3O/c20-17-3-1-2-15(8-17)13-4-6-14(7-5-13)19(24)23-10-16-9-21-12-22-18(16)11-23/h1-9,12H,10-11H2. The van der Waals surface area contributed by atoms with Gasteiger partial charge in [0.25, 0.3) is 5.91 Å². The van der Waals surface area contributed by atoms with Crippen molar-refractivity contribution in [2.45, 2.75) is 13.1 Å². The third kappa shape index (κ3) is 2.76. The molecule has 24 heavy (non-hydrogen) atoms. The lowest BCUT2D eigenvalue weighted by Gasteiger charge is -2.15. The topological polar surface area (TPSA) is 46.1 Å². The van der Waals surface area contributed by atoms with E-state index >= 15 is 0 Å². The van der Waals surface area contributed by atoms with Crippen LogP contribution in [0.15, 0.2) is 61.1 Å². The molecule has 0 fully saturated rings. The first kappa shape index (κ1) is 14.8. The fraction of sp³-hybridized carbons (Fsp3) is 0.105. The molecule has 1 aliphatic heterocycles. The lowest BCUT2D eigenvalue weighted by Crippen LogP contribution is -2.25. The van der Waals surface area contributed by atoms with Gasteiger partial charge in [-0.05, 0) is 35.4 Å². The van der Waals surface area contributed by atoms with Crippen molar-refractivity contribution in [2.75, 3.05) is 0 Å². The number of carbonyl (C=O) groups excluding carboxylic acids is 1. The van der Waals surface area contributed by atoms with Crippen molar-refractivity contribution in [3.63, 3.8) is 0 Å². The van der Waals surface area contributed by atoms with Crippen molar-refractivity contribution in [1.29, 1.82) is 0 Å². The minimum absolute atomic E-state index is 0.00523. The Hall–Kier alpha value is -2.72. The summed E-state index contributed by atoms with van der Waals surface area (Å²) in [6, 6.07) is 15.3. The van der Waals surface area contributed by atoms with E-state index in [2.05, 4.69) is 9.97 Å². The maximum Gasteiger partial charge on any atom is 0.254 e. The SMILES string of the molecule is O=C(c1ccc(-c2cccc(Cl)c2)cc1)N1Cc2cncnc2C1. The largest absolute Gasteiger partial charge is 0.328 e. The van der Waals surface area contributed by atoms with Gasteiger partial charge in [0.1, 0.15) is 6.33 Å². The number of benzene rings is 2. The molecule has 0 atom stereocenters. The van der Waals surface area contributed by atoms with Crippen molar-refractivity contribution >= 4 is 17.5 Å². The van der Waals surface area contributed by atoms with Crippen molar-refractivity contribution < 1.29 is 4.79 Å². The van der Waals surface area contributed by atoms with Crippen LogP contribution in [0, 0.1) is 0 Å². The molecule has 1 amide bonds. The highest BCUT2D eigenvalue weighted by atomic mass is 35.5. The first-order chi connectivity index (χ1) is 11.7. The maximum atomic E-state index is 12.7. The van der Waals surface area contributed by atoms with Gasteiger partial charge in [-0.2, -0.15) is 0 Å². The predicted molar refractivity (Wildman–Crippen MR) is 92.5 cm³/mol. The minimum Gasteiger partial charge on any atom is -0.328 e. The average molecular weight is 336 g/mol. The Morgan fingerprint density at radius 3 is 2.62 bits per heavy atom. The van der Waals surface area contributed by atoms with Crippen LogP contribution in [0.5, 0.6) is 0 Å². The summed E-state index contributed by atoms with van der Waals surface area (Å²) in [6.45, 7) is 1.10. The Bertz CT molecular complexity index is 883. The summed E-state index contributed by atoms with van der Waals surface area (Å²) in [5, 5.41) is 0.698. The summed E-state index contributed by atoms with van der Waals surface area (Å²) in [6.07, 6.45) is 3.30. The van der Waals surface area contributed by atoms with Gasteiger partial charge in [-0.15, -0.1) is 0 Å². The smallest absolute Gasteiger partial charge is 0.254 e. The van der Waals surface area contributed by atoms with Gasteiger partial charge in [0.15, 0.2) is 0 Å². The summed E-state index contributed by atoms with van der Waals surface area (Å²) in [5.41, 5.74) is 4.67. The summed E-state index contributed by atoms with van der Waals surface area (Å²) in [4.78, 5) is 22.7. The van der Waals surface area contributed by atoms with Crippen LogP contribution in [0.3, 0.4) is 0 Å². The van der Waals surface area contributed by atoms with E-state index in [0.29, 0.717) is 23.7 Å². The van der Waals surface area contributed by atoms with E-state index in [1.807, 2.05) is 48.5 Å². The zero-order valence-electron chi connectivity index (χ0n) is 12.8. The molecule has 2 aromatic carbocycles. The first-order valence-electron chi connectivity index (χ1n) is 7.64. The van der Waals surface area contributed by atoms with Crippen LogP contribution in [0.1, 0.15) is 21.6 Å². The number of nitrogens with zero attached hydrogens (tertiary/aromatic N) is 3. The normalized spacial score (nSPS) is 13.0. The quantitative estimate of drug-likeness (QED) is 0.712. The Balaban J connectivity index is 1.54. The molecule has 0 spiro atoms. The molecule has 0 saturated carbocycles.